The van der Waals surface area contributed by atoms with Crippen LogP contribution in [0.4, 0.5) is 0 Å². The molecule has 0 aromatic heterocycles. The Morgan fingerprint density at radius 2 is 1.25 bits per heavy atom. The van der Waals surface area contributed by atoms with Crippen LogP contribution >= 0.6 is 9.69 Å². The van der Waals surface area contributed by atoms with Gasteiger partial charge in [-0.3, -0.25) is 0 Å². The number of nitrogens with zero attached hydrogens (tertiary/aromatic N) is 1. The van der Waals surface area contributed by atoms with Crippen LogP contribution in [0, 0.1) is 7.43 Å². The second-order valence-corrected chi connectivity index (χ2v) is 9.49. The van der Waals surface area contributed by atoms with E-state index >= 15 is 0 Å². The minimum atomic E-state index is -3.78. The summed E-state index contributed by atoms with van der Waals surface area (Å²) in [6.07, 6.45) is 0. The first-order valence-corrected chi connectivity index (χ1v) is 13.6. The van der Waals surface area contributed by atoms with Crippen molar-refractivity contribution in [3.05, 3.63) is 126 Å². The molecule has 1 N–H and O–H groups in total. The SMILES string of the molecule is CC(C)(CS(=O)(=O)[N-]C(c1ccccc1)C([NH-])c1ccccc1)c1ccccc1.[CH3-].[Cl][Ru+3]. The van der Waals surface area contributed by atoms with Crippen LogP contribution in [0.3, 0.4) is 0 Å². The van der Waals surface area contributed by atoms with Gasteiger partial charge in [0.05, 0.1) is 10.0 Å². The third-order valence-electron chi connectivity index (χ3n) is 4.99. The summed E-state index contributed by atoms with van der Waals surface area (Å²) in [5.74, 6) is -0.116. The molecule has 4 nitrogen and oxygen atoms in total. The minimum absolute atomic E-state index is 0. The summed E-state index contributed by atoms with van der Waals surface area (Å²) in [6.45, 7) is 3.81. The van der Waals surface area contributed by atoms with E-state index < -0.39 is 27.5 Å². The first-order valence-electron chi connectivity index (χ1n) is 9.73. The summed E-state index contributed by atoms with van der Waals surface area (Å²) in [7, 11) is 0.786. The zero-order valence-electron chi connectivity index (χ0n) is 18.4. The van der Waals surface area contributed by atoms with Crippen molar-refractivity contribution in [1.82, 2.24) is 0 Å². The molecule has 7 heteroatoms. The molecule has 0 radical (unpaired) electrons. The molecule has 3 aromatic rings. The summed E-state index contributed by atoms with van der Waals surface area (Å²) < 4.78 is 30.4. The van der Waals surface area contributed by atoms with Crippen molar-refractivity contribution in [3.63, 3.8) is 0 Å². The predicted octanol–water partition coefficient (Wildman–Crippen LogP) is 7.34. The van der Waals surface area contributed by atoms with Gasteiger partial charge in [-0.25, -0.2) is 8.42 Å². The van der Waals surface area contributed by atoms with E-state index in [9.17, 15) is 8.42 Å². The average Bonchev–Trinajstić information content (AvgIpc) is 2.79. The Kier molecular flexibility index (Phi) is 11.8. The van der Waals surface area contributed by atoms with E-state index in [4.69, 9.17) is 5.73 Å². The molecule has 2 atom stereocenters. The van der Waals surface area contributed by atoms with Gasteiger partial charge in [-0.05, 0) is 5.56 Å². The number of halogens is 1. The van der Waals surface area contributed by atoms with E-state index in [1.807, 2.05) is 122 Å². The molecular formula is C25H29ClN2O2RuS. The van der Waals surface area contributed by atoms with Crippen molar-refractivity contribution in [1.29, 1.82) is 0 Å². The second kappa shape index (κ2) is 13.2. The van der Waals surface area contributed by atoms with Crippen LogP contribution in [0.1, 0.15) is 42.6 Å². The molecule has 2 unspecified atom stereocenters. The van der Waals surface area contributed by atoms with Gasteiger partial charge in [0.15, 0.2) is 0 Å². The summed E-state index contributed by atoms with van der Waals surface area (Å²) in [5.41, 5.74) is 10.5. The van der Waals surface area contributed by atoms with E-state index in [1.165, 1.54) is 0 Å². The van der Waals surface area contributed by atoms with Gasteiger partial charge < -0.3 is 17.9 Å². The van der Waals surface area contributed by atoms with Crippen molar-refractivity contribution in [2.24, 2.45) is 0 Å². The number of hydrogen-bond donors (Lipinski definition) is 0. The quantitative estimate of drug-likeness (QED) is 0.215. The fourth-order valence-corrected chi connectivity index (χ4v) is 5.19. The molecule has 0 fully saturated rings. The molecule has 0 amide bonds. The molecule has 0 saturated heterocycles. The molecule has 0 saturated carbocycles. The molecular weight excluding hydrogens is 529 g/mol. The van der Waals surface area contributed by atoms with E-state index in [0.29, 0.717) is 0 Å². The molecule has 0 bridgehead atoms. The third kappa shape index (κ3) is 8.09. The summed E-state index contributed by atoms with van der Waals surface area (Å²) in [4.78, 5) is 0. The summed E-state index contributed by atoms with van der Waals surface area (Å²) >= 11 is 1.82. The Labute approximate surface area is 207 Å². The standard InChI is InChI=1S/C24H26N2O2S.CH3.ClH.Ru/c1-24(2,21-16-10-5-11-17-21)18-29(27,28)26-23(20-14-8-4-9-15-20)22(25)19-12-6-3-7-13-19;;;/h3-17,22-23,25H,18H2,1-2H3;1H3;1H;/q-2;-1;;+4/p-1. The average molecular weight is 558 g/mol. The maximum atomic E-state index is 13.1. The van der Waals surface area contributed by atoms with Gasteiger partial charge in [-0.1, -0.05) is 116 Å². The van der Waals surface area contributed by atoms with E-state index in [1.54, 1.807) is 0 Å². The number of hydrogen-bond acceptors (Lipinski definition) is 2. The monoisotopic (exact) mass is 558 g/mol. The number of sulfonamides is 1. The zero-order chi connectivity index (χ0) is 22.9. The van der Waals surface area contributed by atoms with Crippen molar-refractivity contribution in [3.8, 4) is 0 Å². The van der Waals surface area contributed by atoms with Gasteiger partial charge >= 0.3 is 27.0 Å². The molecule has 32 heavy (non-hydrogen) atoms. The third-order valence-corrected chi connectivity index (χ3v) is 6.62. The van der Waals surface area contributed by atoms with Gasteiger partial charge in [-0.15, -0.1) is 12.1 Å². The van der Waals surface area contributed by atoms with Crippen molar-refractivity contribution >= 4 is 19.7 Å². The number of nitrogens with one attached hydrogen (secondary N) is 1. The second-order valence-electron chi connectivity index (χ2n) is 7.83. The molecule has 0 aliphatic rings. The molecule has 3 aromatic carbocycles. The molecule has 0 aliphatic heterocycles. The number of rotatable bonds is 8. The fourth-order valence-electron chi connectivity index (χ4n) is 3.45. The molecule has 172 valence electrons. The molecule has 3 rings (SSSR count). The Bertz CT molecular complexity index is 1020. The van der Waals surface area contributed by atoms with Gasteiger partial charge in [0, 0.05) is 11.2 Å². The van der Waals surface area contributed by atoms with Crippen LogP contribution in [0.5, 0.6) is 0 Å². The fraction of sp³-hybridized carbons (Fsp3) is 0.240. The molecule has 0 aliphatic carbocycles. The topological polar surface area (TPSA) is 72.0 Å². The van der Waals surface area contributed by atoms with Crippen molar-refractivity contribution in [2.75, 3.05) is 5.75 Å². The van der Waals surface area contributed by atoms with Gasteiger partial charge in [0.25, 0.3) is 0 Å². The van der Waals surface area contributed by atoms with Crippen molar-refractivity contribution < 1.29 is 25.7 Å². The van der Waals surface area contributed by atoms with Gasteiger partial charge in [0.2, 0.25) is 0 Å². The first kappa shape index (κ1) is 28.5. The number of benzene rings is 3. The van der Waals surface area contributed by atoms with E-state index in [0.717, 1.165) is 16.7 Å². The van der Waals surface area contributed by atoms with Crippen LogP contribution in [-0.4, -0.2) is 14.2 Å². The molecule has 0 spiro atoms. The maximum absolute atomic E-state index is 13.1. The Balaban J connectivity index is 0.00000166. The Morgan fingerprint density at radius 1 is 0.844 bits per heavy atom. The van der Waals surface area contributed by atoms with Gasteiger partial charge in [0.1, 0.15) is 0 Å². The predicted molar refractivity (Wildman–Crippen MR) is 132 cm³/mol. The van der Waals surface area contributed by atoms with Crippen LogP contribution in [-0.2, 0) is 32.7 Å². The van der Waals surface area contributed by atoms with Crippen molar-refractivity contribution in [2.45, 2.75) is 31.3 Å². The van der Waals surface area contributed by atoms with Crippen LogP contribution in [0.25, 0.3) is 10.5 Å². The van der Waals surface area contributed by atoms with Crippen LogP contribution < -0.4 is 0 Å². The van der Waals surface area contributed by atoms with Crippen LogP contribution in [0.15, 0.2) is 91.0 Å². The normalized spacial score (nSPS) is 13.1. The Morgan fingerprint density at radius 3 is 1.72 bits per heavy atom. The summed E-state index contributed by atoms with van der Waals surface area (Å²) in [5, 5.41) is 0. The molecule has 0 heterocycles. The summed E-state index contributed by atoms with van der Waals surface area (Å²) in [6, 6.07) is 26.5. The zero-order valence-corrected chi connectivity index (χ0v) is 21.7. The first-order chi connectivity index (χ1) is 14.8. The van der Waals surface area contributed by atoms with Crippen LogP contribution in [0.2, 0.25) is 0 Å². The van der Waals surface area contributed by atoms with E-state index in [-0.39, 0.29) is 13.2 Å². The Hall–Kier alpha value is -1.56. The van der Waals surface area contributed by atoms with E-state index in [2.05, 4.69) is 14.4 Å². The van der Waals surface area contributed by atoms with Gasteiger partial charge in [-0.2, -0.15) is 0 Å².